The molecule has 0 aliphatic carbocycles. The Kier molecular flexibility index (Phi) is 6.49. The molecule has 0 fully saturated rings. The molecule has 0 aliphatic heterocycles. The van der Waals surface area contributed by atoms with Crippen LogP contribution in [0.15, 0.2) is 78.9 Å². The molecule has 0 saturated heterocycles. The molecule has 0 radical (unpaired) electrons. The van der Waals surface area contributed by atoms with Crippen LogP contribution in [0.25, 0.3) is 0 Å². The number of hydrogen-bond acceptors (Lipinski definition) is 3. The number of hydrogen-bond donors (Lipinski definition) is 0. The van der Waals surface area contributed by atoms with Crippen molar-refractivity contribution in [1.29, 1.82) is 0 Å². The lowest BCUT2D eigenvalue weighted by molar-refractivity contribution is -0.131. The third kappa shape index (κ3) is 4.61. The van der Waals surface area contributed by atoms with Crippen LogP contribution in [0.5, 0.6) is 11.5 Å². The molecule has 3 rings (SSSR count). The third-order valence-corrected chi connectivity index (χ3v) is 5.05. The van der Waals surface area contributed by atoms with Gasteiger partial charge >= 0.3 is 5.97 Å². The van der Waals surface area contributed by atoms with Gasteiger partial charge in [0.25, 0.3) is 0 Å². The fraction of sp³-hybridized carbons (Fsp3) is 0.240. The molecule has 3 nitrogen and oxygen atoms in total. The van der Waals surface area contributed by atoms with E-state index in [4.69, 9.17) is 9.47 Å². The van der Waals surface area contributed by atoms with E-state index in [1.807, 2.05) is 30.3 Å². The first-order chi connectivity index (χ1) is 13.6. The quantitative estimate of drug-likeness (QED) is 0.379. The first kappa shape index (κ1) is 19.7. The molecule has 0 aliphatic rings. The third-order valence-electron chi connectivity index (χ3n) is 5.05. The summed E-state index contributed by atoms with van der Waals surface area (Å²) in [6.45, 7) is 3.63. The molecule has 28 heavy (non-hydrogen) atoms. The first-order valence-electron chi connectivity index (χ1n) is 9.59. The van der Waals surface area contributed by atoms with Crippen molar-refractivity contribution in [3.8, 4) is 11.5 Å². The molecule has 0 aromatic heterocycles. The molecule has 0 amide bonds. The number of rotatable bonds is 7. The maximum absolute atomic E-state index is 11.2. The van der Waals surface area contributed by atoms with Crippen LogP contribution in [0.2, 0.25) is 0 Å². The van der Waals surface area contributed by atoms with Crippen molar-refractivity contribution < 1.29 is 14.3 Å². The van der Waals surface area contributed by atoms with E-state index in [1.54, 1.807) is 7.11 Å². The van der Waals surface area contributed by atoms with Crippen molar-refractivity contribution in [2.24, 2.45) is 0 Å². The highest BCUT2D eigenvalue weighted by atomic mass is 16.5. The summed E-state index contributed by atoms with van der Waals surface area (Å²) < 4.78 is 10.5. The summed E-state index contributed by atoms with van der Waals surface area (Å²) in [5.74, 6) is 1.64. The summed E-state index contributed by atoms with van der Waals surface area (Å²) in [4.78, 5) is 11.2. The van der Waals surface area contributed by atoms with Gasteiger partial charge in [0, 0.05) is 12.8 Å². The molecule has 0 saturated carbocycles. The molecule has 0 spiro atoms. The summed E-state index contributed by atoms with van der Waals surface area (Å²) in [7, 11) is 1.68. The molecule has 144 valence electrons. The lowest BCUT2D eigenvalue weighted by Crippen LogP contribution is -2.13. The Balaban J connectivity index is 2.01. The second-order valence-corrected chi connectivity index (χ2v) is 6.84. The smallest absolute Gasteiger partial charge is 0.308 e. The highest BCUT2D eigenvalue weighted by molar-refractivity contribution is 5.69. The molecule has 3 aromatic rings. The van der Waals surface area contributed by atoms with Crippen LogP contribution in [0.4, 0.5) is 0 Å². The van der Waals surface area contributed by atoms with Gasteiger partial charge in [-0.05, 0) is 53.3 Å². The molecular formula is C25H26O3. The number of carbonyl (C=O) groups excluding carboxylic acids is 1. The van der Waals surface area contributed by atoms with E-state index in [0.29, 0.717) is 11.7 Å². The lowest BCUT2D eigenvalue weighted by Gasteiger charge is -2.28. The van der Waals surface area contributed by atoms with Crippen LogP contribution < -0.4 is 9.47 Å². The Hall–Kier alpha value is -3.07. The van der Waals surface area contributed by atoms with Crippen LogP contribution in [0.3, 0.4) is 0 Å². The Labute approximate surface area is 166 Å². The Bertz CT molecular complexity index is 883. The molecule has 3 aromatic carbocycles. The fourth-order valence-corrected chi connectivity index (χ4v) is 3.74. The minimum absolute atomic E-state index is 0.200. The van der Waals surface area contributed by atoms with Gasteiger partial charge in [-0.1, -0.05) is 61.5 Å². The Morgan fingerprint density at radius 2 is 1.32 bits per heavy atom. The molecule has 2 atom stereocenters. The topological polar surface area (TPSA) is 35.5 Å². The van der Waals surface area contributed by atoms with Gasteiger partial charge in [-0.25, -0.2) is 0 Å². The van der Waals surface area contributed by atoms with Gasteiger partial charge in [0.15, 0.2) is 0 Å². The zero-order valence-electron chi connectivity index (χ0n) is 16.6. The normalized spacial score (nSPS) is 12.8. The van der Waals surface area contributed by atoms with E-state index in [2.05, 4.69) is 55.5 Å². The van der Waals surface area contributed by atoms with E-state index in [9.17, 15) is 4.79 Å². The number of carbonyl (C=O) groups is 1. The number of ether oxygens (including phenoxy) is 2. The number of esters is 1. The van der Waals surface area contributed by atoms with E-state index in [0.717, 1.165) is 12.2 Å². The second-order valence-electron chi connectivity index (χ2n) is 6.84. The van der Waals surface area contributed by atoms with Gasteiger partial charge in [-0.15, -0.1) is 0 Å². The van der Waals surface area contributed by atoms with Crippen molar-refractivity contribution in [3.63, 3.8) is 0 Å². The number of benzene rings is 3. The van der Waals surface area contributed by atoms with Gasteiger partial charge in [-0.2, -0.15) is 0 Å². The molecule has 3 heteroatoms. The van der Waals surface area contributed by atoms with Crippen molar-refractivity contribution in [2.75, 3.05) is 7.11 Å². The molecule has 0 heterocycles. The van der Waals surface area contributed by atoms with Crippen molar-refractivity contribution in [2.45, 2.75) is 32.1 Å². The van der Waals surface area contributed by atoms with Crippen LogP contribution >= 0.6 is 0 Å². The number of methoxy groups -OCH3 is 1. The molecular weight excluding hydrogens is 348 g/mol. The van der Waals surface area contributed by atoms with Crippen LogP contribution in [-0.4, -0.2) is 13.1 Å². The van der Waals surface area contributed by atoms with Gasteiger partial charge in [0.1, 0.15) is 11.5 Å². The monoisotopic (exact) mass is 374 g/mol. The van der Waals surface area contributed by atoms with Crippen LogP contribution in [0.1, 0.15) is 48.8 Å². The van der Waals surface area contributed by atoms with Gasteiger partial charge < -0.3 is 9.47 Å². The summed E-state index contributed by atoms with van der Waals surface area (Å²) >= 11 is 0. The Morgan fingerprint density at radius 1 is 0.786 bits per heavy atom. The largest absolute Gasteiger partial charge is 0.497 e. The second kappa shape index (κ2) is 9.23. The minimum Gasteiger partial charge on any atom is -0.497 e. The zero-order valence-corrected chi connectivity index (χ0v) is 16.6. The van der Waals surface area contributed by atoms with Crippen molar-refractivity contribution in [1.82, 2.24) is 0 Å². The summed E-state index contributed by atoms with van der Waals surface area (Å²) in [6.07, 6.45) is 0.998. The van der Waals surface area contributed by atoms with E-state index in [1.165, 1.54) is 23.6 Å². The predicted octanol–water partition coefficient (Wildman–Crippen LogP) is 5.95. The highest BCUT2D eigenvalue weighted by Gasteiger charge is 2.25. The van der Waals surface area contributed by atoms with Gasteiger partial charge in [0.05, 0.1) is 7.11 Å². The average molecular weight is 374 g/mol. The standard InChI is InChI=1S/C25H26O3/c1-4-24(19-10-14-22(27-3)15-11-19)25(20-8-6-5-7-9-20)21-12-16-23(17-13-21)28-18(2)26/h5-17,24-25H,4H2,1-3H3. The highest BCUT2D eigenvalue weighted by Crippen LogP contribution is 2.41. The van der Waals surface area contributed by atoms with E-state index in [-0.39, 0.29) is 11.9 Å². The minimum atomic E-state index is -0.308. The summed E-state index contributed by atoms with van der Waals surface area (Å²) in [5.41, 5.74) is 3.75. The molecule has 2 unspecified atom stereocenters. The predicted molar refractivity (Wildman–Crippen MR) is 112 cm³/mol. The SMILES string of the molecule is CCC(c1ccc(OC)cc1)C(c1ccccc1)c1ccc(OC(C)=O)cc1. The molecule has 0 bridgehead atoms. The maximum atomic E-state index is 11.2. The zero-order chi connectivity index (χ0) is 19.9. The van der Waals surface area contributed by atoms with Crippen molar-refractivity contribution in [3.05, 3.63) is 95.6 Å². The Morgan fingerprint density at radius 3 is 1.86 bits per heavy atom. The first-order valence-corrected chi connectivity index (χ1v) is 9.59. The average Bonchev–Trinajstić information content (AvgIpc) is 2.73. The van der Waals surface area contributed by atoms with Crippen LogP contribution in [0, 0.1) is 0 Å². The van der Waals surface area contributed by atoms with Gasteiger partial charge in [0.2, 0.25) is 0 Å². The van der Waals surface area contributed by atoms with E-state index >= 15 is 0 Å². The maximum Gasteiger partial charge on any atom is 0.308 e. The fourth-order valence-electron chi connectivity index (χ4n) is 3.74. The van der Waals surface area contributed by atoms with E-state index < -0.39 is 0 Å². The van der Waals surface area contributed by atoms with Crippen molar-refractivity contribution >= 4 is 5.97 Å². The van der Waals surface area contributed by atoms with Gasteiger partial charge in [-0.3, -0.25) is 4.79 Å². The summed E-state index contributed by atoms with van der Waals surface area (Å²) in [5, 5.41) is 0. The summed E-state index contributed by atoms with van der Waals surface area (Å²) in [6, 6.07) is 26.7. The molecule has 0 N–H and O–H groups in total. The van der Waals surface area contributed by atoms with Crippen LogP contribution in [-0.2, 0) is 4.79 Å². The lowest BCUT2D eigenvalue weighted by atomic mass is 9.76.